The van der Waals surface area contributed by atoms with E-state index in [4.69, 9.17) is 4.52 Å². The maximum Gasteiger partial charge on any atom is 0.247 e. The fraction of sp³-hybridized carbons (Fsp3) is 0.412. The second-order valence-electron chi connectivity index (χ2n) is 5.83. The van der Waals surface area contributed by atoms with E-state index in [1.807, 2.05) is 13.0 Å². The summed E-state index contributed by atoms with van der Waals surface area (Å²) in [7, 11) is 0. The molecule has 1 amide bonds. The number of nitrogens with zero attached hydrogens (tertiary/aromatic N) is 1. The first kappa shape index (κ1) is 14.6. The van der Waals surface area contributed by atoms with Gasteiger partial charge < -0.3 is 15.2 Å². The van der Waals surface area contributed by atoms with Gasteiger partial charge in [0.15, 0.2) is 5.82 Å². The van der Waals surface area contributed by atoms with Gasteiger partial charge in [-0.1, -0.05) is 17.3 Å². The van der Waals surface area contributed by atoms with Crippen molar-refractivity contribution in [3.63, 3.8) is 0 Å². The Morgan fingerprint density at radius 1 is 1.32 bits per heavy atom. The van der Waals surface area contributed by atoms with E-state index < -0.39 is 0 Å². The Morgan fingerprint density at radius 2 is 2.14 bits per heavy atom. The van der Waals surface area contributed by atoms with Crippen LogP contribution in [0.4, 0.5) is 11.5 Å². The number of hydrogen-bond donors (Lipinski definition) is 2. The summed E-state index contributed by atoms with van der Waals surface area (Å²) >= 11 is 0. The van der Waals surface area contributed by atoms with Crippen molar-refractivity contribution < 1.29 is 9.32 Å². The molecule has 0 saturated carbocycles. The predicted molar refractivity (Wildman–Crippen MR) is 86.0 cm³/mol. The Labute approximate surface area is 130 Å². The van der Waals surface area contributed by atoms with Crippen molar-refractivity contribution in [2.24, 2.45) is 0 Å². The molecule has 2 aromatic rings. The van der Waals surface area contributed by atoms with Crippen LogP contribution in [-0.2, 0) is 17.6 Å². The number of benzene rings is 1. The lowest BCUT2D eigenvalue weighted by molar-refractivity contribution is -0.116. The average Bonchev–Trinajstić information content (AvgIpc) is 2.92. The summed E-state index contributed by atoms with van der Waals surface area (Å²) in [5.74, 6) is 1.00. The fourth-order valence-electron chi connectivity index (χ4n) is 2.88. The maximum absolute atomic E-state index is 12.2. The molecule has 0 bridgehead atoms. The van der Waals surface area contributed by atoms with Crippen LogP contribution in [0.5, 0.6) is 0 Å². The molecule has 3 rings (SSSR count). The SMILES string of the molecule is Cc1cc(NC(=O)[C@H](C)Nc2cccc3c2CCCC3)no1. The van der Waals surface area contributed by atoms with Crippen molar-refractivity contribution in [2.75, 3.05) is 10.6 Å². The molecule has 116 valence electrons. The number of anilines is 2. The molecular weight excluding hydrogens is 278 g/mol. The van der Waals surface area contributed by atoms with E-state index in [0.29, 0.717) is 11.6 Å². The number of fused-ring (bicyclic) bond motifs is 1. The largest absolute Gasteiger partial charge is 0.374 e. The van der Waals surface area contributed by atoms with Gasteiger partial charge in [0.2, 0.25) is 5.91 Å². The number of aromatic nitrogens is 1. The zero-order chi connectivity index (χ0) is 15.5. The maximum atomic E-state index is 12.2. The zero-order valence-electron chi connectivity index (χ0n) is 13.0. The van der Waals surface area contributed by atoms with E-state index in [9.17, 15) is 4.79 Å². The van der Waals surface area contributed by atoms with E-state index in [2.05, 4.69) is 27.9 Å². The molecule has 1 aromatic heterocycles. The summed E-state index contributed by atoms with van der Waals surface area (Å²) in [6.07, 6.45) is 4.67. The third kappa shape index (κ3) is 3.13. The monoisotopic (exact) mass is 299 g/mol. The van der Waals surface area contributed by atoms with Crippen molar-refractivity contribution in [1.29, 1.82) is 0 Å². The van der Waals surface area contributed by atoms with Gasteiger partial charge in [-0.25, -0.2) is 0 Å². The van der Waals surface area contributed by atoms with Gasteiger partial charge in [0.05, 0.1) is 0 Å². The first-order valence-electron chi connectivity index (χ1n) is 7.75. The molecule has 0 aliphatic heterocycles. The van der Waals surface area contributed by atoms with Crippen molar-refractivity contribution in [3.05, 3.63) is 41.2 Å². The topological polar surface area (TPSA) is 67.2 Å². The Kier molecular flexibility index (Phi) is 4.13. The fourth-order valence-corrected chi connectivity index (χ4v) is 2.88. The number of rotatable bonds is 4. The second kappa shape index (κ2) is 6.22. The highest BCUT2D eigenvalue weighted by atomic mass is 16.5. The van der Waals surface area contributed by atoms with E-state index >= 15 is 0 Å². The predicted octanol–water partition coefficient (Wildman–Crippen LogP) is 3.30. The van der Waals surface area contributed by atoms with Gasteiger partial charge in [-0.3, -0.25) is 4.79 Å². The number of amides is 1. The molecule has 0 unspecified atom stereocenters. The van der Waals surface area contributed by atoms with E-state index in [-0.39, 0.29) is 11.9 Å². The summed E-state index contributed by atoms with van der Waals surface area (Å²) in [4.78, 5) is 12.2. The van der Waals surface area contributed by atoms with E-state index in [0.717, 1.165) is 18.5 Å². The molecule has 5 nitrogen and oxygen atoms in total. The molecule has 22 heavy (non-hydrogen) atoms. The molecule has 2 N–H and O–H groups in total. The standard InChI is InChI=1S/C17H21N3O2/c1-11-10-16(20-22-11)19-17(21)12(2)18-15-9-5-7-13-6-3-4-8-14(13)15/h5,7,9-10,12,18H,3-4,6,8H2,1-2H3,(H,19,20,21)/t12-/m0/s1. The highest BCUT2D eigenvalue weighted by Gasteiger charge is 2.18. The Hall–Kier alpha value is -2.30. The molecule has 5 heteroatoms. The van der Waals surface area contributed by atoms with Gasteiger partial charge >= 0.3 is 0 Å². The molecule has 0 saturated heterocycles. The zero-order valence-corrected chi connectivity index (χ0v) is 13.0. The molecule has 0 fully saturated rings. The van der Waals surface area contributed by atoms with Crippen LogP contribution in [0.25, 0.3) is 0 Å². The first-order valence-corrected chi connectivity index (χ1v) is 7.75. The summed E-state index contributed by atoms with van der Waals surface area (Å²) in [5, 5.41) is 9.86. The quantitative estimate of drug-likeness (QED) is 0.909. The Bertz CT molecular complexity index is 678. The van der Waals surface area contributed by atoms with Crippen LogP contribution in [0.3, 0.4) is 0 Å². The molecule has 1 atom stereocenters. The Balaban J connectivity index is 1.68. The average molecular weight is 299 g/mol. The smallest absolute Gasteiger partial charge is 0.247 e. The van der Waals surface area contributed by atoms with Crippen molar-refractivity contribution in [3.8, 4) is 0 Å². The number of carbonyl (C=O) groups is 1. The Morgan fingerprint density at radius 3 is 2.91 bits per heavy atom. The number of nitrogens with one attached hydrogen (secondary N) is 2. The third-order valence-corrected chi connectivity index (χ3v) is 4.04. The lowest BCUT2D eigenvalue weighted by atomic mass is 9.90. The summed E-state index contributed by atoms with van der Waals surface area (Å²) in [6, 6.07) is 7.65. The molecular formula is C17H21N3O2. The highest BCUT2D eigenvalue weighted by molar-refractivity contribution is 5.95. The lowest BCUT2D eigenvalue weighted by Gasteiger charge is -2.22. The minimum Gasteiger partial charge on any atom is -0.374 e. The molecule has 0 spiro atoms. The van der Waals surface area contributed by atoms with Gasteiger partial charge in [-0.05, 0) is 56.7 Å². The third-order valence-electron chi connectivity index (χ3n) is 4.04. The first-order chi connectivity index (χ1) is 10.6. The van der Waals surface area contributed by atoms with Crippen molar-refractivity contribution >= 4 is 17.4 Å². The van der Waals surface area contributed by atoms with Crippen LogP contribution in [0, 0.1) is 6.92 Å². The molecule has 1 aliphatic rings. The van der Waals surface area contributed by atoms with Crippen LogP contribution < -0.4 is 10.6 Å². The highest BCUT2D eigenvalue weighted by Crippen LogP contribution is 2.28. The van der Waals surface area contributed by atoms with Crippen LogP contribution in [0.15, 0.2) is 28.8 Å². The normalized spacial score (nSPS) is 15.0. The van der Waals surface area contributed by atoms with E-state index in [1.54, 1.807) is 13.0 Å². The van der Waals surface area contributed by atoms with Gasteiger partial charge in [0.1, 0.15) is 11.8 Å². The molecule has 0 radical (unpaired) electrons. The van der Waals surface area contributed by atoms with Crippen molar-refractivity contribution in [2.45, 2.75) is 45.6 Å². The minimum absolute atomic E-state index is 0.123. The van der Waals surface area contributed by atoms with Gasteiger partial charge in [0, 0.05) is 11.8 Å². The number of hydrogen-bond acceptors (Lipinski definition) is 4. The van der Waals surface area contributed by atoms with E-state index in [1.165, 1.54) is 24.0 Å². The number of carbonyl (C=O) groups excluding carboxylic acids is 1. The summed E-state index contributed by atoms with van der Waals surface area (Å²) < 4.78 is 4.95. The van der Waals surface area contributed by atoms with Crippen LogP contribution in [0.1, 0.15) is 36.7 Å². The van der Waals surface area contributed by atoms with Crippen molar-refractivity contribution in [1.82, 2.24) is 5.16 Å². The minimum atomic E-state index is -0.342. The second-order valence-corrected chi connectivity index (χ2v) is 5.83. The molecule has 1 heterocycles. The number of aryl methyl sites for hydroxylation is 2. The van der Waals surface area contributed by atoms with Crippen LogP contribution in [-0.4, -0.2) is 17.1 Å². The molecule has 1 aromatic carbocycles. The summed E-state index contributed by atoms with van der Waals surface area (Å²) in [6.45, 7) is 3.64. The van der Waals surface area contributed by atoms with Crippen LogP contribution in [0.2, 0.25) is 0 Å². The van der Waals surface area contributed by atoms with Gasteiger partial charge in [-0.15, -0.1) is 0 Å². The van der Waals surface area contributed by atoms with Gasteiger partial charge in [-0.2, -0.15) is 0 Å². The summed E-state index contributed by atoms with van der Waals surface area (Å²) in [5.41, 5.74) is 3.82. The van der Waals surface area contributed by atoms with Crippen LogP contribution >= 0.6 is 0 Å². The molecule has 1 aliphatic carbocycles. The van der Waals surface area contributed by atoms with Gasteiger partial charge in [0.25, 0.3) is 0 Å². The lowest BCUT2D eigenvalue weighted by Crippen LogP contribution is -2.32.